The predicted octanol–water partition coefficient (Wildman–Crippen LogP) is 5.00. The highest BCUT2D eigenvalue weighted by molar-refractivity contribution is 14.1. The van der Waals surface area contributed by atoms with E-state index >= 15 is 0 Å². The van der Waals surface area contributed by atoms with E-state index in [0.29, 0.717) is 13.2 Å². The third-order valence-corrected chi connectivity index (χ3v) is 4.70. The van der Waals surface area contributed by atoms with E-state index in [1.807, 2.05) is 48.5 Å². The number of methoxy groups -OCH3 is 1. The van der Waals surface area contributed by atoms with E-state index in [0.717, 1.165) is 28.2 Å². The third-order valence-electron chi connectivity index (χ3n) is 3.98. The second kappa shape index (κ2) is 9.97. The molecule has 0 heterocycles. The van der Waals surface area contributed by atoms with E-state index in [4.69, 9.17) is 9.47 Å². The predicted molar refractivity (Wildman–Crippen MR) is 117 cm³/mol. The number of rotatable bonds is 8. The summed E-state index contributed by atoms with van der Waals surface area (Å²) in [5.74, 6) is 1.65. The van der Waals surface area contributed by atoms with Crippen LogP contribution < -0.4 is 14.9 Å². The minimum absolute atomic E-state index is 0.524. The summed E-state index contributed by atoms with van der Waals surface area (Å²) in [7, 11) is 1.67. The SMILES string of the molecule is COc1ccccc1CN/N=C/c1ccccc1OCc1ccc(I)cc1. The summed E-state index contributed by atoms with van der Waals surface area (Å²) in [4.78, 5) is 0. The number of hydrogen-bond acceptors (Lipinski definition) is 4. The first-order valence-corrected chi connectivity index (χ1v) is 9.68. The number of hydrogen-bond donors (Lipinski definition) is 1. The van der Waals surface area contributed by atoms with Crippen LogP contribution in [-0.2, 0) is 13.2 Å². The van der Waals surface area contributed by atoms with Gasteiger partial charge in [0, 0.05) is 14.7 Å². The maximum atomic E-state index is 5.97. The van der Waals surface area contributed by atoms with Crippen molar-refractivity contribution in [1.82, 2.24) is 5.43 Å². The fourth-order valence-corrected chi connectivity index (χ4v) is 2.91. The first-order valence-electron chi connectivity index (χ1n) is 8.60. The number of hydrazone groups is 1. The first kappa shape index (κ1) is 19.2. The Hall–Kier alpha value is -2.54. The van der Waals surface area contributed by atoms with E-state index in [9.17, 15) is 0 Å². The van der Waals surface area contributed by atoms with Gasteiger partial charge in [-0.05, 0) is 58.5 Å². The van der Waals surface area contributed by atoms with Crippen LogP contribution in [0.4, 0.5) is 0 Å². The van der Waals surface area contributed by atoms with Crippen LogP contribution in [-0.4, -0.2) is 13.3 Å². The number of nitrogens with zero attached hydrogens (tertiary/aromatic N) is 1. The molecule has 0 radical (unpaired) electrons. The molecule has 27 heavy (non-hydrogen) atoms. The van der Waals surface area contributed by atoms with Gasteiger partial charge in [0.15, 0.2) is 0 Å². The van der Waals surface area contributed by atoms with E-state index in [-0.39, 0.29) is 0 Å². The molecule has 0 amide bonds. The average Bonchev–Trinajstić information content (AvgIpc) is 2.72. The van der Waals surface area contributed by atoms with Gasteiger partial charge in [-0.1, -0.05) is 42.5 Å². The number of ether oxygens (including phenoxy) is 2. The first-order chi connectivity index (χ1) is 13.3. The number of halogens is 1. The fraction of sp³-hybridized carbons (Fsp3) is 0.136. The number of nitrogens with one attached hydrogen (secondary N) is 1. The average molecular weight is 472 g/mol. The zero-order valence-electron chi connectivity index (χ0n) is 15.1. The van der Waals surface area contributed by atoms with Gasteiger partial charge in [-0.15, -0.1) is 0 Å². The molecule has 3 aromatic rings. The van der Waals surface area contributed by atoms with Gasteiger partial charge in [0.25, 0.3) is 0 Å². The summed E-state index contributed by atoms with van der Waals surface area (Å²) in [5, 5.41) is 4.33. The van der Waals surface area contributed by atoms with Crippen molar-refractivity contribution in [2.75, 3.05) is 7.11 Å². The summed E-state index contributed by atoms with van der Waals surface area (Å²) in [6.45, 7) is 1.11. The Morgan fingerprint density at radius 2 is 1.63 bits per heavy atom. The summed E-state index contributed by atoms with van der Waals surface area (Å²) < 4.78 is 12.5. The molecule has 0 aromatic heterocycles. The Bertz CT molecular complexity index is 895. The van der Waals surface area contributed by atoms with Crippen LogP contribution in [0.15, 0.2) is 77.9 Å². The van der Waals surface area contributed by atoms with Crippen molar-refractivity contribution in [2.45, 2.75) is 13.2 Å². The molecular weight excluding hydrogens is 451 g/mol. The van der Waals surface area contributed by atoms with E-state index in [1.165, 1.54) is 3.57 Å². The lowest BCUT2D eigenvalue weighted by Gasteiger charge is -2.10. The van der Waals surface area contributed by atoms with Gasteiger partial charge < -0.3 is 14.9 Å². The topological polar surface area (TPSA) is 42.8 Å². The lowest BCUT2D eigenvalue weighted by Crippen LogP contribution is -2.07. The lowest BCUT2D eigenvalue weighted by molar-refractivity contribution is 0.306. The second-order valence-electron chi connectivity index (χ2n) is 5.86. The van der Waals surface area contributed by atoms with Crippen molar-refractivity contribution < 1.29 is 9.47 Å². The zero-order chi connectivity index (χ0) is 18.9. The molecule has 0 unspecified atom stereocenters. The van der Waals surface area contributed by atoms with Crippen LogP contribution in [0.5, 0.6) is 11.5 Å². The third kappa shape index (κ3) is 5.72. The van der Waals surface area contributed by atoms with Gasteiger partial charge >= 0.3 is 0 Å². The highest BCUT2D eigenvalue weighted by atomic mass is 127. The Morgan fingerprint density at radius 3 is 2.41 bits per heavy atom. The molecule has 3 rings (SSSR count). The Labute approximate surface area is 173 Å². The molecule has 0 bridgehead atoms. The Balaban J connectivity index is 1.60. The summed E-state index contributed by atoms with van der Waals surface area (Å²) in [6, 6.07) is 24.1. The smallest absolute Gasteiger partial charge is 0.128 e. The molecule has 1 N–H and O–H groups in total. The molecule has 0 fully saturated rings. The summed E-state index contributed by atoms with van der Waals surface area (Å²) in [6.07, 6.45) is 1.78. The van der Waals surface area contributed by atoms with Crippen molar-refractivity contribution in [2.24, 2.45) is 5.10 Å². The van der Waals surface area contributed by atoms with E-state index < -0.39 is 0 Å². The minimum atomic E-state index is 0.524. The fourth-order valence-electron chi connectivity index (χ4n) is 2.56. The molecule has 0 saturated carbocycles. The van der Waals surface area contributed by atoms with Crippen molar-refractivity contribution in [3.8, 4) is 11.5 Å². The van der Waals surface area contributed by atoms with E-state index in [1.54, 1.807) is 13.3 Å². The molecule has 0 saturated heterocycles. The second-order valence-corrected chi connectivity index (χ2v) is 7.10. The maximum Gasteiger partial charge on any atom is 0.128 e. The van der Waals surface area contributed by atoms with Crippen LogP contribution in [0.25, 0.3) is 0 Å². The number of para-hydroxylation sites is 2. The summed E-state index contributed by atoms with van der Waals surface area (Å²) in [5.41, 5.74) is 6.18. The standard InChI is InChI=1S/C22H21IN2O2/c1-26-21-8-4-2-6-18(21)14-24-25-15-19-7-3-5-9-22(19)27-16-17-10-12-20(23)13-11-17/h2-13,15,24H,14,16H2,1H3/b25-15+. The monoisotopic (exact) mass is 472 g/mol. The van der Waals surface area contributed by atoms with Crippen LogP contribution >= 0.6 is 22.6 Å². The normalized spacial score (nSPS) is 10.7. The van der Waals surface area contributed by atoms with Gasteiger partial charge in [0.1, 0.15) is 18.1 Å². The molecule has 3 aromatic carbocycles. The molecule has 0 aliphatic heterocycles. The highest BCUT2D eigenvalue weighted by Crippen LogP contribution is 2.19. The maximum absolute atomic E-state index is 5.97. The zero-order valence-corrected chi connectivity index (χ0v) is 17.2. The number of benzene rings is 3. The van der Waals surface area contributed by atoms with Crippen LogP contribution in [0.1, 0.15) is 16.7 Å². The Morgan fingerprint density at radius 1 is 0.926 bits per heavy atom. The van der Waals surface area contributed by atoms with Crippen LogP contribution in [0, 0.1) is 3.57 Å². The van der Waals surface area contributed by atoms with Crippen LogP contribution in [0.3, 0.4) is 0 Å². The minimum Gasteiger partial charge on any atom is -0.496 e. The van der Waals surface area contributed by atoms with Gasteiger partial charge in [0.2, 0.25) is 0 Å². The van der Waals surface area contributed by atoms with Crippen molar-refractivity contribution in [3.05, 3.63) is 93.1 Å². The quantitative estimate of drug-likeness (QED) is 0.285. The summed E-state index contributed by atoms with van der Waals surface area (Å²) >= 11 is 2.30. The molecule has 5 heteroatoms. The molecule has 0 atom stereocenters. The largest absolute Gasteiger partial charge is 0.496 e. The molecule has 4 nitrogen and oxygen atoms in total. The molecular formula is C22H21IN2O2. The molecule has 0 aliphatic carbocycles. The van der Waals surface area contributed by atoms with Gasteiger partial charge in [-0.25, -0.2) is 0 Å². The van der Waals surface area contributed by atoms with Gasteiger partial charge in [-0.3, -0.25) is 0 Å². The van der Waals surface area contributed by atoms with Crippen molar-refractivity contribution in [1.29, 1.82) is 0 Å². The van der Waals surface area contributed by atoms with Crippen molar-refractivity contribution in [3.63, 3.8) is 0 Å². The lowest BCUT2D eigenvalue weighted by atomic mass is 10.2. The van der Waals surface area contributed by atoms with Crippen molar-refractivity contribution >= 4 is 28.8 Å². The molecule has 0 aliphatic rings. The Kier molecular flexibility index (Phi) is 7.10. The molecule has 0 spiro atoms. The van der Waals surface area contributed by atoms with E-state index in [2.05, 4.69) is 57.4 Å². The van der Waals surface area contributed by atoms with Crippen LogP contribution in [0.2, 0.25) is 0 Å². The molecule has 138 valence electrons. The highest BCUT2D eigenvalue weighted by Gasteiger charge is 2.02. The van der Waals surface area contributed by atoms with Gasteiger partial charge in [0.05, 0.1) is 19.9 Å². The van der Waals surface area contributed by atoms with Gasteiger partial charge in [-0.2, -0.15) is 5.10 Å².